The minimum absolute atomic E-state index is 0.202. The molecule has 1 aliphatic heterocycles. The molecule has 0 unspecified atom stereocenters. The number of carbonyl (C=O) groups excluding carboxylic acids is 2. The van der Waals surface area contributed by atoms with E-state index in [9.17, 15) is 14.9 Å². The van der Waals surface area contributed by atoms with Crippen LogP contribution in [0.1, 0.15) is 39.0 Å². The Morgan fingerprint density at radius 1 is 1.50 bits per heavy atom. The molecule has 2 fully saturated rings. The Hall–Kier alpha value is -1.57. The highest BCUT2D eigenvalue weighted by molar-refractivity contribution is 5.97. The Kier molecular flexibility index (Phi) is 3.55. The molecule has 1 saturated heterocycles. The minimum Gasteiger partial charge on any atom is -0.465 e. The molecule has 0 radical (unpaired) electrons. The fourth-order valence-corrected chi connectivity index (χ4v) is 2.99. The van der Waals surface area contributed by atoms with Gasteiger partial charge in [-0.25, -0.2) is 0 Å². The second-order valence-electron chi connectivity index (χ2n) is 4.88. The summed E-state index contributed by atoms with van der Waals surface area (Å²) in [6.07, 6.45) is 4.29. The van der Waals surface area contributed by atoms with Gasteiger partial charge in [0.15, 0.2) is 5.92 Å². The fourth-order valence-electron chi connectivity index (χ4n) is 2.99. The lowest BCUT2D eigenvalue weighted by atomic mass is 9.73. The molecule has 2 aliphatic rings. The molecule has 0 aromatic rings. The summed E-state index contributed by atoms with van der Waals surface area (Å²) in [7, 11) is 0. The van der Waals surface area contributed by atoms with Crippen LogP contribution in [0.5, 0.6) is 0 Å². The zero-order valence-corrected chi connectivity index (χ0v) is 10.5. The Labute approximate surface area is 106 Å². The van der Waals surface area contributed by atoms with E-state index in [0.717, 1.165) is 19.3 Å². The van der Waals surface area contributed by atoms with Crippen LogP contribution < -0.4 is 0 Å². The van der Waals surface area contributed by atoms with Crippen LogP contribution in [-0.2, 0) is 19.1 Å². The summed E-state index contributed by atoms with van der Waals surface area (Å²) in [5, 5.41) is 9.30. The van der Waals surface area contributed by atoms with Gasteiger partial charge in [-0.15, -0.1) is 0 Å². The molecule has 0 aromatic carbocycles. The highest BCUT2D eigenvalue weighted by atomic mass is 16.6. The van der Waals surface area contributed by atoms with Crippen LogP contribution in [0.15, 0.2) is 0 Å². The molecule has 98 valence electrons. The Bertz CT molecular complexity index is 392. The maximum Gasteiger partial charge on any atom is 0.322 e. The van der Waals surface area contributed by atoms with Crippen LogP contribution in [0.25, 0.3) is 0 Å². The van der Waals surface area contributed by atoms with E-state index in [-0.39, 0.29) is 6.61 Å². The van der Waals surface area contributed by atoms with Gasteiger partial charge < -0.3 is 9.47 Å². The van der Waals surface area contributed by atoms with Crippen molar-refractivity contribution in [1.29, 1.82) is 5.26 Å². The van der Waals surface area contributed by atoms with Crippen molar-refractivity contribution in [2.24, 2.45) is 11.8 Å². The number of nitriles is 1. The molecule has 0 bridgehead atoms. The monoisotopic (exact) mass is 251 g/mol. The molecule has 2 rings (SSSR count). The number of hydrogen-bond donors (Lipinski definition) is 0. The summed E-state index contributed by atoms with van der Waals surface area (Å²) >= 11 is 0. The second-order valence-corrected chi connectivity index (χ2v) is 4.88. The summed E-state index contributed by atoms with van der Waals surface area (Å²) < 4.78 is 10.3. The van der Waals surface area contributed by atoms with E-state index in [0.29, 0.717) is 12.8 Å². The molecule has 0 aromatic heterocycles. The standard InChI is InChI=1S/C13H17NO4/c1-2-17-11(15)10-9(8-14)13(18-12(10)16)6-4-3-5-7-13/h9-10H,2-7H2,1H3/t9-,10-/m0/s1. The van der Waals surface area contributed by atoms with Gasteiger partial charge in [0.25, 0.3) is 0 Å². The third-order valence-electron chi connectivity index (χ3n) is 3.84. The smallest absolute Gasteiger partial charge is 0.322 e. The van der Waals surface area contributed by atoms with Crippen LogP contribution >= 0.6 is 0 Å². The minimum atomic E-state index is -1.06. The highest BCUT2D eigenvalue weighted by Gasteiger charge is 2.59. The molecule has 1 aliphatic carbocycles. The van der Waals surface area contributed by atoms with Crippen LogP contribution in [0, 0.1) is 23.2 Å². The van der Waals surface area contributed by atoms with E-state index < -0.39 is 29.4 Å². The molecule has 1 heterocycles. The van der Waals surface area contributed by atoms with Gasteiger partial charge in [-0.1, -0.05) is 6.42 Å². The van der Waals surface area contributed by atoms with Crippen molar-refractivity contribution in [1.82, 2.24) is 0 Å². The Morgan fingerprint density at radius 2 is 2.17 bits per heavy atom. The molecule has 1 spiro atoms. The van der Waals surface area contributed by atoms with Crippen molar-refractivity contribution < 1.29 is 19.1 Å². The summed E-state index contributed by atoms with van der Waals surface area (Å²) in [4.78, 5) is 23.6. The topological polar surface area (TPSA) is 76.4 Å². The summed E-state index contributed by atoms with van der Waals surface area (Å²) in [5.41, 5.74) is -0.749. The molecule has 5 nitrogen and oxygen atoms in total. The summed E-state index contributed by atoms with van der Waals surface area (Å²) in [6.45, 7) is 1.88. The first-order chi connectivity index (χ1) is 8.64. The quantitative estimate of drug-likeness (QED) is 0.550. The fraction of sp³-hybridized carbons (Fsp3) is 0.769. The average molecular weight is 251 g/mol. The van der Waals surface area contributed by atoms with Gasteiger partial charge in [-0.3, -0.25) is 9.59 Å². The molecule has 0 N–H and O–H groups in total. The van der Waals surface area contributed by atoms with Gasteiger partial charge >= 0.3 is 11.9 Å². The number of rotatable bonds is 2. The van der Waals surface area contributed by atoms with Gasteiger partial charge in [0, 0.05) is 0 Å². The van der Waals surface area contributed by atoms with Crippen molar-refractivity contribution in [2.45, 2.75) is 44.6 Å². The van der Waals surface area contributed by atoms with E-state index in [1.54, 1.807) is 6.92 Å². The van der Waals surface area contributed by atoms with Crippen LogP contribution in [0.4, 0.5) is 0 Å². The normalized spacial score (nSPS) is 29.7. The molecule has 1 saturated carbocycles. The molecular formula is C13H17NO4. The maximum atomic E-state index is 11.9. The number of carbonyl (C=O) groups is 2. The second kappa shape index (κ2) is 4.97. The van der Waals surface area contributed by atoms with Crippen LogP contribution in [0.3, 0.4) is 0 Å². The lowest BCUT2D eigenvalue weighted by Crippen LogP contribution is -2.39. The van der Waals surface area contributed by atoms with Gasteiger partial charge in [0.2, 0.25) is 0 Å². The van der Waals surface area contributed by atoms with E-state index in [1.807, 2.05) is 0 Å². The van der Waals surface area contributed by atoms with Gasteiger partial charge in [0.05, 0.1) is 12.7 Å². The largest absolute Gasteiger partial charge is 0.465 e. The third-order valence-corrected chi connectivity index (χ3v) is 3.84. The number of esters is 2. The van der Waals surface area contributed by atoms with Gasteiger partial charge in [0.1, 0.15) is 11.5 Å². The van der Waals surface area contributed by atoms with Crippen LogP contribution in [0.2, 0.25) is 0 Å². The number of nitrogens with zero attached hydrogens (tertiary/aromatic N) is 1. The molecule has 0 amide bonds. The van der Waals surface area contributed by atoms with Crippen molar-refractivity contribution in [3.63, 3.8) is 0 Å². The number of ether oxygens (including phenoxy) is 2. The molecule has 18 heavy (non-hydrogen) atoms. The lowest BCUT2D eigenvalue weighted by molar-refractivity contribution is -0.159. The Balaban J connectivity index is 2.24. The van der Waals surface area contributed by atoms with E-state index in [1.165, 1.54) is 0 Å². The van der Waals surface area contributed by atoms with E-state index in [4.69, 9.17) is 9.47 Å². The third kappa shape index (κ3) is 1.96. The SMILES string of the molecule is CCOC(=O)[C@H]1C(=O)OC2(CCCCC2)[C@H]1C#N. The maximum absolute atomic E-state index is 11.9. The molecular weight excluding hydrogens is 234 g/mol. The van der Waals surface area contributed by atoms with E-state index >= 15 is 0 Å². The zero-order valence-electron chi connectivity index (χ0n) is 10.5. The first-order valence-electron chi connectivity index (χ1n) is 6.44. The summed E-state index contributed by atoms with van der Waals surface area (Å²) in [5.74, 6) is -2.99. The summed E-state index contributed by atoms with van der Waals surface area (Å²) in [6, 6.07) is 2.10. The zero-order chi connectivity index (χ0) is 13.2. The van der Waals surface area contributed by atoms with Crippen molar-refractivity contribution in [2.75, 3.05) is 6.61 Å². The van der Waals surface area contributed by atoms with E-state index in [2.05, 4.69) is 6.07 Å². The predicted molar refractivity (Wildman–Crippen MR) is 61.1 cm³/mol. The van der Waals surface area contributed by atoms with Gasteiger partial charge in [-0.2, -0.15) is 5.26 Å². The Morgan fingerprint density at radius 3 is 2.72 bits per heavy atom. The first kappa shape index (κ1) is 12.9. The van der Waals surface area contributed by atoms with Gasteiger partial charge in [-0.05, 0) is 32.6 Å². The predicted octanol–water partition coefficient (Wildman–Crippen LogP) is 1.57. The molecule has 5 heteroatoms. The lowest BCUT2D eigenvalue weighted by Gasteiger charge is -2.34. The van der Waals surface area contributed by atoms with Crippen molar-refractivity contribution in [3.8, 4) is 6.07 Å². The number of hydrogen-bond acceptors (Lipinski definition) is 5. The highest BCUT2D eigenvalue weighted by Crippen LogP contribution is 2.46. The van der Waals surface area contributed by atoms with Crippen molar-refractivity contribution in [3.05, 3.63) is 0 Å². The van der Waals surface area contributed by atoms with Crippen LogP contribution in [-0.4, -0.2) is 24.1 Å². The first-order valence-corrected chi connectivity index (χ1v) is 6.44. The average Bonchev–Trinajstić information content (AvgIpc) is 2.62. The van der Waals surface area contributed by atoms with Crippen molar-refractivity contribution >= 4 is 11.9 Å². The molecule has 2 atom stereocenters.